The number of allylic oxidation sites excluding steroid dienone is 4. The molecule has 2 nitrogen and oxygen atoms in total. The van der Waals surface area contributed by atoms with Gasteiger partial charge in [0.1, 0.15) is 0 Å². The number of hydrogen-bond donors (Lipinski definition) is 0. The van der Waals surface area contributed by atoms with Gasteiger partial charge in [-0.2, -0.15) is 0 Å². The summed E-state index contributed by atoms with van der Waals surface area (Å²) in [6, 6.07) is 65.5. The van der Waals surface area contributed by atoms with E-state index in [0.29, 0.717) is 5.92 Å². The molecule has 0 saturated carbocycles. The molecule has 0 bridgehead atoms. The van der Waals surface area contributed by atoms with E-state index in [9.17, 15) is 0 Å². The third-order valence-corrected chi connectivity index (χ3v) is 16.4. The lowest BCUT2D eigenvalue weighted by atomic mass is 9.77. The Hall–Kier alpha value is -7.42. The summed E-state index contributed by atoms with van der Waals surface area (Å²) in [5.74, 6) is 0.464. The Kier molecular flexibility index (Phi) is 12.9. The third-order valence-electron chi connectivity index (χ3n) is 16.4. The van der Waals surface area contributed by atoms with Gasteiger partial charge in [0.25, 0.3) is 0 Å². The second-order valence-electron chi connectivity index (χ2n) is 25.9. The summed E-state index contributed by atoms with van der Waals surface area (Å²) < 4.78 is 0. The molecule has 382 valence electrons. The topological polar surface area (TPSA) is 6.48 Å². The molecule has 0 amide bonds. The lowest BCUT2D eigenvalue weighted by molar-refractivity contribution is 0.293. The minimum absolute atomic E-state index is 0.0347. The Balaban J connectivity index is 1.21. The molecule has 0 radical (unpaired) electrons. The second-order valence-corrected chi connectivity index (χ2v) is 25.9. The van der Waals surface area contributed by atoms with Crippen molar-refractivity contribution in [3.8, 4) is 22.3 Å². The van der Waals surface area contributed by atoms with Crippen LogP contribution in [0.25, 0.3) is 60.6 Å². The van der Waals surface area contributed by atoms with E-state index in [-0.39, 0.29) is 21.7 Å². The highest BCUT2D eigenvalue weighted by Crippen LogP contribution is 2.50. The van der Waals surface area contributed by atoms with Crippen molar-refractivity contribution in [1.29, 1.82) is 0 Å². The number of anilines is 5. The lowest BCUT2D eigenvalue weighted by Crippen LogP contribution is -2.23. The molecular weight excluding hydrogens is 917 g/mol. The first-order chi connectivity index (χ1) is 36.2. The van der Waals surface area contributed by atoms with Gasteiger partial charge in [-0.15, -0.1) is 0 Å². The fourth-order valence-corrected chi connectivity index (χ4v) is 11.7. The maximum Gasteiger partial charge on any atom is 0.0468 e. The van der Waals surface area contributed by atoms with E-state index < -0.39 is 0 Å². The highest BCUT2D eigenvalue weighted by Gasteiger charge is 2.28. The normalized spacial score (nSPS) is 15.1. The van der Waals surface area contributed by atoms with Crippen LogP contribution in [0.5, 0.6) is 0 Å². The molecule has 0 fully saturated rings. The molecule has 1 unspecified atom stereocenters. The van der Waals surface area contributed by atoms with E-state index in [1.54, 1.807) is 0 Å². The van der Waals surface area contributed by atoms with Crippen molar-refractivity contribution >= 4 is 66.8 Å². The van der Waals surface area contributed by atoms with Gasteiger partial charge in [0, 0.05) is 34.1 Å². The molecule has 2 heteroatoms. The summed E-state index contributed by atoms with van der Waals surface area (Å²) in [5, 5.41) is 7.40. The Labute approximate surface area is 454 Å². The van der Waals surface area contributed by atoms with Gasteiger partial charge in [-0.05, 0) is 202 Å². The molecule has 2 aliphatic carbocycles. The van der Waals surface area contributed by atoms with Crippen molar-refractivity contribution in [3.63, 3.8) is 0 Å². The predicted octanol–water partition coefficient (Wildman–Crippen LogP) is 21.4. The molecule has 0 aromatic heterocycles. The first kappa shape index (κ1) is 50.7. The number of rotatable bonds is 8. The van der Waals surface area contributed by atoms with Crippen LogP contribution in [0, 0.1) is 11.3 Å². The Morgan fingerprint density at radius 3 is 1.38 bits per heavy atom. The summed E-state index contributed by atoms with van der Waals surface area (Å²) in [6.07, 6.45) is 15.0. The summed E-state index contributed by atoms with van der Waals surface area (Å²) in [6.45, 7) is 27.7. The van der Waals surface area contributed by atoms with E-state index in [4.69, 9.17) is 0 Å². The molecule has 0 saturated heterocycles. The maximum absolute atomic E-state index is 2.50. The highest BCUT2D eigenvalue weighted by atomic mass is 15.2. The zero-order chi connectivity index (χ0) is 53.3. The number of hydrogen-bond acceptors (Lipinski definition) is 2. The van der Waals surface area contributed by atoms with Crippen molar-refractivity contribution in [3.05, 3.63) is 228 Å². The average Bonchev–Trinajstić information content (AvgIpc) is 3.43. The maximum atomic E-state index is 2.50. The molecule has 0 aliphatic heterocycles. The molecule has 0 heterocycles. The Bertz CT molecular complexity index is 3680. The highest BCUT2D eigenvalue weighted by molar-refractivity contribution is 6.23. The predicted molar refractivity (Wildman–Crippen MR) is 331 cm³/mol. The molecule has 11 rings (SSSR count). The van der Waals surface area contributed by atoms with Gasteiger partial charge in [-0.1, -0.05) is 211 Å². The molecule has 2 aliphatic rings. The van der Waals surface area contributed by atoms with Crippen LogP contribution in [0.1, 0.15) is 124 Å². The SMILES string of the molecule is CC(C)(C)c1ccc(N(C2=CCC(C(C)(C)C)C=C2)c2ccc3c(-c4ccc5ccccc5c4)c4cc(N(c5ccc(C(C)(C)C)cc5)c5ccc(C(C)(C)C)cc5)ccc4c(-c4ccc5c(c4)CCC=C5)c3c2)cc1. The van der Waals surface area contributed by atoms with Crippen LogP contribution in [0.2, 0.25) is 0 Å². The average molecular weight is 993 g/mol. The number of aryl methyl sites for hydroxylation is 1. The van der Waals surface area contributed by atoms with Crippen LogP contribution in [-0.4, -0.2) is 0 Å². The Morgan fingerprint density at radius 1 is 0.408 bits per heavy atom. The molecule has 76 heavy (non-hydrogen) atoms. The van der Waals surface area contributed by atoms with Gasteiger partial charge in [0.15, 0.2) is 0 Å². The standard InChI is InChI=1S/C74H76N2/c1-71(2,3)55-25-33-59(34-26-55)75(60-35-27-56(28-36-60)72(4,5)6)63-41-43-65-67(47-63)69(53-23-21-49-17-13-15-19-51(49)45-53)66-44-42-64(48-68(66)70(65)54-24-22-50-18-14-16-20-52(50)46-54)76(61-37-29-57(30-38-61)73(7,8)9)62-39-31-58(32-40-62)74(10,11)12/h13-15,17-19,21-31,33-48,58H,16,20,32H2,1-12H3. The second kappa shape index (κ2) is 19.3. The number of fused-ring (bicyclic) bond motifs is 4. The minimum atomic E-state index is 0.0347. The van der Waals surface area contributed by atoms with Crippen molar-refractivity contribution in [1.82, 2.24) is 0 Å². The summed E-state index contributed by atoms with van der Waals surface area (Å²) in [4.78, 5) is 4.96. The minimum Gasteiger partial charge on any atom is -0.311 e. The lowest BCUT2D eigenvalue weighted by Gasteiger charge is -2.33. The largest absolute Gasteiger partial charge is 0.311 e. The monoisotopic (exact) mass is 993 g/mol. The van der Waals surface area contributed by atoms with Crippen LogP contribution < -0.4 is 9.80 Å². The van der Waals surface area contributed by atoms with Crippen LogP contribution in [0.15, 0.2) is 200 Å². The van der Waals surface area contributed by atoms with E-state index in [2.05, 4.69) is 293 Å². The molecule has 9 aromatic rings. The molecular formula is C74H76N2. The Morgan fingerprint density at radius 2 is 0.882 bits per heavy atom. The van der Waals surface area contributed by atoms with Crippen LogP contribution in [0.4, 0.5) is 28.4 Å². The zero-order valence-corrected chi connectivity index (χ0v) is 47.1. The molecule has 1 atom stereocenters. The first-order valence-electron chi connectivity index (χ1n) is 27.8. The summed E-state index contributed by atoms with van der Waals surface area (Å²) >= 11 is 0. The van der Waals surface area contributed by atoms with Crippen LogP contribution >= 0.6 is 0 Å². The summed E-state index contributed by atoms with van der Waals surface area (Å²) in [5.41, 5.74) is 18.8. The zero-order valence-electron chi connectivity index (χ0n) is 47.1. The van der Waals surface area contributed by atoms with E-state index >= 15 is 0 Å². The third kappa shape index (κ3) is 9.84. The van der Waals surface area contributed by atoms with Gasteiger partial charge < -0.3 is 9.80 Å². The fraction of sp³-hybridized carbons (Fsp3) is 0.270. The van der Waals surface area contributed by atoms with Gasteiger partial charge in [-0.3, -0.25) is 0 Å². The van der Waals surface area contributed by atoms with Gasteiger partial charge >= 0.3 is 0 Å². The van der Waals surface area contributed by atoms with Crippen molar-refractivity contribution in [2.45, 2.75) is 119 Å². The van der Waals surface area contributed by atoms with E-state index in [0.717, 1.165) is 47.7 Å². The first-order valence-corrected chi connectivity index (χ1v) is 27.8. The van der Waals surface area contributed by atoms with Crippen LogP contribution in [-0.2, 0) is 22.7 Å². The summed E-state index contributed by atoms with van der Waals surface area (Å²) in [7, 11) is 0. The fourth-order valence-electron chi connectivity index (χ4n) is 11.7. The van der Waals surface area contributed by atoms with E-state index in [1.807, 2.05) is 0 Å². The molecule has 0 spiro atoms. The number of nitrogens with zero attached hydrogens (tertiary/aromatic N) is 2. The van der Waals surface area contributed by atoms with Gasteiger partial charge in [0.05, 0.1) is 0 Å². The van der Waals surface area contributed by atoms with Crippen molar-refractivity contribution in [2.24, 2.45) is 11.3 Å². The van der Waals surface area contributed by atoms with Crippen molar-refractivity contribution < 1.29 is 0 Å². The number of benzene rings is 9. The quantitative estimate of drug-likeness (QED) is 0.140. The van der Waals surface area contributed by atoms with Crippen LogP contribution in [0.3, 0.4) is 0 Å². The van der Waals surface area contributed by atoms with Gasteiger partial charge in [-0.25, -0.2) is 0 Å². The molecule has 9 aromatic carbocycles. The smallest absolute Gasteiger partial charge is 0.0468 e. The van der Waals surface area contributed by atoms with Gasteiger partial charge in [0.2, 0.25) is 0 Å². The van der Waals surface area contributed by atoms with Crippen molar-refractivity contribution in [2.75, 3.05) is 9.80 Å². The molecule has 0 N–H and O–H groups in total. The van der Waals surface area contributed by atoms with E-state index in [1.165, 1.54) is 88.1 Å².